The molecule has 57 heavy (non-hydrogen) atoms. The number of aliphatic hydroxyl groups is 2. The second-order valence-corrected chi connectivity index (χ2v) is 16.9. The molecule has 0 heterocycles. The van der Waals surface area contributed by atoms with Crippen molar-refractivity contribution in [1.29, 1.82) is 0 Å². The summed E-state index contributed by atoms with van der Waals surface area (Å²) in [7, 11) is 0. The minimum atomic E-state index is -0.787. The first kappa shape index (κ1) is 55.1. The molecular formula is C51H95NO5. The average Bonchev–Trinajstić information content (AvgIpc) is 3.20. The molecule has 1 amide bonds. The van der Waals surface area contributed by atoms with E-state index in [9.17, 15) is 19.8 Å². The maximum absolute atomic E-state index is 13.1. The molecule has 0 aliphatic rings. The Balaban J connectivity index is 4.57. The molecule has 0 aromatic heterocycles. The van der Waals surface area contributed by atoms with Gasteiger partial charge in [-0.3, -0.25) is 9.59 Å². The van der Waals surface area contributed by atoms with Gasteiger partial charge in [0.05, 0.1) is 25.2 Å². The van der Waals surface area contributed by atoms with Gasteiger partial charge in [-0.2, -0.15) is 0 Å². The SMILES string of the molecule is CCCCC/C=C\C/C=C\C/C=C\CCCCCCC(=O)OC(CCCCCCCCCCCCC)CC(=O)NC(CO)C(O)CCCCCCCCCCCC. The van der Waals surface area contributed by atoms with Crippen molar-refractivity contribution in [2.24, 2.45) is 0 Å². The van der Waals surface area contributed by atoms with Crippen LogP contribution in [0.5, 0.6) is 0 Å². The zero-order valence-corrected chi connectivity index (χ0v) is 38.0. The Morgan fingerprint density at radius 1 is 0.509 bits per heavy atom. The number of amides is 1. The van der Waals surface area contributed by atoms with Crippen LogP contribution in [0.15, 0.2) is 36.5 Å². The van der Waals surface area contributed by atoms with Gasteiger partial charge in [0.25, 0.3) is 0 Å². The van der Waals surface area contributed by atoms with Crippen molar-refractivity contribution >= 4 is 11.9 Å². The Labute approximate surface area is 353 Å². The number of allylic oxidation sites excluding steroid dienone is 6. The molecule has 6 nitrogen and oxygen atoms in total. The molecule has 0 aromatic carbocycles. The van der Waals surface area contributed by atoms with E-state index in [1.807, 2.05) is 0 Å². The second-order valence-electron chi connectivity index (χ2n) is 16.9. The van der Waals surface area contributed by atoms with Crippen molar-refractivity contribution in [3.05, 3.63) is 36.5 Å². The predicted molar refractivity (Wildman–Crippen MR) is 246 cm³/mol. The molecule has 3 atom stereocenters. The van der Waals surface area contributed by atoms with Crippen LogP contribution >= 0.6 is 0 Å². The molecule has 0 radical (unpaired) electrons. The van der Waals surface area contributed by atoms with Gasteiger partial charge in [0.1, 0.15) is 6.10 Å². The van der Waals surface area contributed by atoms with Crippen LogP contribution in [-0.4, -0.2) is 46.9 Å². The highest BCUT2D eigenvalue weighted by atomic mass is 16.5. The average molecular weight is 802 g/mol. The van der Waals surface area contributed by atoms with Crippen molar-refractivity contribution in [1.82, 2.24) is 5.32 Å². The van der Waals surface area contributed by atoms with Crippen molar-refractivity contribution in [2.75, 3.05) is 6.61 Å². The van der Waals surface area contributed by atoms with Gasteiger partial charge in [0, 0.05) is 6.42 Å². The van der Waals surface area contributed by atoms with E-state index >= 15 is 0 Å². The first-order chi connectivity index (χ1) is 28.0. The number of carbonyl (C=O) groups is 2. The summed E-state index contributed by atoms with van der Waals surface area (Å²) in [5, 5.41) is 23.7. The smallest absolute Gasteiger partial charge is 0.306 e. The van der Waals surface area contributed by atoms with Gasteiger partial charge in [-0.05, 0) is 64.2 Å². The normalized spacial score (nSPS) is 13.6. The van der Waals surface area contributed by atoms with E-state index in [0.29, 0.717) is 19.3 Å². The van der Waals surface area contributed by atoms with E-state index in [-0.39, 0.29) is 24.9 Å². The second kappa shape index (κ2) is 45.2. The number of unbranched alkanes of at least 4 members (excludes halogenated alkanes) is 26. The molecule has 6 heteroatoms. The van der Waals surface area contributed by atoms with Gasteiger partial charge in [-0.15, -0.1) is 0 Å². The summed E-state index contributed by atoms with van der Waals surface area (Å²) >= 11 is 0. The molecule has 0 fully saturated rings. The van der Waals surface area contributed by atoms with Gasteiger partial charge in [-0.25, -0.2) is 0 Å². The minimum absolute atomic E-state index is 0.0717. The molecule has 0 rings (SSSR count). The molecule has 0 aliphatic heterocycles. The van der Waals surface area contributed by atoms with E-state index in [4.69, 9.17) is 4.74 Å². The molecule has 0 spiro atoms. The topological polar surface area (TPSA) is 95.9 Å². The van der Waals surface area contributed by atoms with E-state index in [2.05, 4.69) is 62.5 Å². The summed E-state index contributed by atoms with van der Waals surface area (Å²) in [4.78, 5) is 26.0. The van der Waals surface area contributed by atoms with E-state index in [0.717, 1.165) is 77.0 Å². The monoisotopic (exact) mass is 802 g/mol. The molecule has 334 valence electrons. The molecule has 3 N–H and O–H groups in total. The van der Waals surface area contributed by atoms with Crippen molar-refractivity contribution < 1.29 is 24.5 Å². The van der Waals surface area contributed by atoms with Crippen LogP contribution in [-0.2, 0) is 14.3 Å². The summed E-state index contributed by atoms with van der Waals surface area (Å²) < 4.78 is 5.91. The number of carbonyl (C=O) groups excluding carboxylic acids is 2. The summed E-state index contributed by atoms with van der Waals surface area (Å²) in [6, 6.07) is -0.701. The quantitative estimate of drug-likeness (QED) is 0.0324. The lowest BCUT2D eigenvalue weighted by atomic mass is 10.0. The molecule has 0 aliphatic carbocycles. The zero-order chi connectivity index (χ0) is 41.7. The maximum Gasteiger partial charge on any atom is 0.306 e. The third-order valence-corrected chi connectivity index (χ3v) is 11.2. The standard InChI is InChI=1S/C51H95NO5/c1-4-7-10-13-16-19-22-23-24-25-26-27-29-32-35-38-41-44-51(56)57-47(42-39-36-33-30-28-20-17-14-11-8-5-2)45-50(55)52-48(46-53)49(54)43-40-37-34-31-21-18-15-12-9-6-3/h16,19,23-24,26-27,47-49,53-54H,4-15,17-18,20-22,25,28-46H2,1-3H3,(H,52,55)/b19-16-,24-23-,27-26-. The van der Waals surface area contributed by atoms with Gasteiger partial charge in [0.2, 0.25) is 5.91 Å². The van der Waals surface area contributed by atoms with Gasteiger partial charge in [0.15, 0.2) is 0 Å². The van der Waals surface area contributed by atoms with E-state index in [1.165, 1.54) is 128 Å². The fourth-order valence-electron chi connectivity index (χ4n) is 7.44. The third kappa shape index (κ3) is 40.6. The van der Waals surface area contributed by atoms with Gasteiger partial charge in [-0.1, -0.05) is 211 Å². The van der Waals surface area contributed by atoms with Crippen LogP contribution < -0.4 is 5.32 Å². The number of hydrogen-bond acceptors (Lipinski definition) is 5. The van der Waals surface area contributed by atoms with Crippen LogP contribution in [0.2, 0.25) is 0 Å². The van der Waals surface area contributed by atoms with Gasteiger partial charge >= 0.3 is 5.97 Å². The largest absolute Gasteiger partial charge is 0.462 e. The van der Waals surface area contributed by atoms with Crippen molar-refractivity contribution in [3.63, 3.8) is 0 Å². The number of rotatable bonds is 44. The first-order valence-corrected chi connectivity index (χ1v) is 24.7. The molecular weight excluding hydrogens is 707 g/mol. The number of nitrogens with one attached hydrogen (secondary N) is 1. The Bertz CT molecular complexity index is 946. The van der Waals surface area contributed by atoms with Crippen LogP contribution in [0.3, 0.4) is 0 Å². The minimum Gasteiger partial charge on any atom is -0.462 e. The summed E-state index contributed by atoms with van der Waals surface area (Å²) in [5.41, 5.74) is 0. The number of ether oxygens (including phenoxy) is 1. The summed E-state index contributed by atoms with van der Waals surface area (Å²) in [5.74, 6) is -0.492. The van der Waals surface area contributed by atoms with E-state index < -0.39 is 18.2 Å². The highest BCUT2D eigenvalue weighted by Crippen LogP contribution is 2.18. The first-order valence-electron chi connectivity index (χ1n) is 24.7. The van der Waals surface area contributed by atoms with Gasteiger partial charge < -0.3 is 20.3 Å². The maximum atomic E-state index is 13.1. The molecule has 3 unspecified atom stereocenters. The lowest BCUT2D eigenvalue weighted by molar-refractivity contribution is -0.151. The summed E-state index contributed by atoms with van der Waals surface area (Å²) in [6.45, 7) is 6.44. The lowest BCUT2D eigenvalue weighted by Gasteiger charge is -2.24. The van der Waals surface area contributed by atoms with Crippen LogP contribution in [0.1, 0.15) is 252 Å². The predicted octanol–water partition coefficient (Wildman–Crippen LogP) is 14.5. The Morgan fingerprint density at radius 3 is 1.39 bits per heavy atom. The zero-order valence-electron chi connectivity index (χ0n) is 38.0. The Kier molecular flexibility index (Phi) is 43.6. The third-order valence-electron chi connectivity index (χ3n) is 11.2. The van der Waals surface area contributed by atoms with Crippen molar-refractivity contribution in [2.45, 2.75) is 270 Å². The molecule has 0 bridgehead atoms. The fourth-order valence-corrected chi connectivity index (χ4v) is 7.44. The highest BCUT2D eigenvalue weighted by Gasteiger charge is 2.24. The number of aliphatic hydroxyl groups excluding tert-OH is 2. The fraction of sp³-hybridized carbons (Fsp3) is 0.843. The molecule has 0 aromatic rings. The Morgan fingerprint density at radius 2 is 0.895 bits per heavy atom. The van der Waals surface area contributed by atoms with Crippen LogP contribution in [0.4, 0.5) is 0 Å². The van der Waals surface area contributed by atoms with Crippen molar-refractivity contribution in [3.8, 4) is 0 Å². The molecule has 0 saturated heterocycles. The summed E-state index contributed by atoms with van der Waals surface area (Å²) in [6.07, 6.45) is 52.0. The van der Waals surface area contributed by atoms with Crippen LogP contribution in [0, 0.1) is 0 Å². The number of esters is 1. The van der Waals surface area contributed by atoms with Crippen LogP contribution in [0.25, 0.3) is 0 Å². The number of hydrogen-bond donors (Lipinski definition) is 3. The van der Waals surface area contributed by atoms with E-state index in [1.54, 1.807) is 0 Å². The molecule has 0 saturated carbocycles. The highest BCUT2D eigenvalue weighted by molar-refractivity contribution is 5.77. The lowest BCUT2D eigenvalue weighted by Crippen LogP contribution is -2.46. The Hall–Kier alpha value is -1.92.